The van der Waals surface area contributed by atoms with Gasteiger partial charge in [-0.05, 0) is 51.8 Å². The Hall–Kier alpha value is -1.55. The van der Waals surface area contributed by atoms with Gasteiger partial charge < -0.3 is 15.3 Å². The summed E-state index contributed by atoms with van der Waals surface area (Å²) in [5.74, 6) is -0.762. The molecule has 0 aliphatic heterocycles. The first-order valence-electron chi connectivity index (χ1n) is 7.57. The van der Waals surface area contributed by atoms with Crippen LogP contribution in [0.15, 0.2) is 18.2 Å². The van der Waals surface area contributed by atoms with Gasteiger partial charge in [-0.1, -0.05) is 24.6 Å². The van der Waals surface area contributed by atoms with Gasteiger partial charge in [0.15, 0.2) is 0 Å². The molecule has 1 aromatic rings. The first kappa shape index (κ1) is 17.5. The molecule has 0 saturated carbocycles. The molecule has 0 aliphatic carbocycles. The Bertz CT molecular complexity index is 482. The fourth-order valence-electron chi connectivity index (χ4n) is 2.82. The van der Waals surface area contributed by atoms with Crippen molar-refractivity contribution in [2.24, 2.45) is 0 Å². The maximum Gasteiger partial charge on any atom is 0.323 e. The molecule has 1 aromatic carbocycles. The van der Waals surface area contributed by atoms with Crippen molar-refractivity contribution in [2.45, 2.75) is 45.6 Å². The lowest BCUT2D eigenvalue weighted by Gasteiger charge is -2.29. The normalized spacial score (nSPS) is 13.8. The van der Waals surface area contributed by atoms with E-state index >= 15 is 0 Å². The van der Waals surface area contributed by atoms with Crippen LogP contribution < -0.4 is 10.2 Å². The summed E-state index contributed by atoms with van der Waals surface area (Å²) in [6.07, 6.45) is 2.06. The number of aliphatic carboxylic acids is 1. The molecule has 1 unspecified atom stereocenters. The second-order valence-corrected chi connectivity index (χ2v) is 5.81. The number of carboxylic acids is 1. The molecule has 0 aliphatic rings. The summed E-state index contributed by atoms with van der Waals surface area (Å²) in [5.41, 5.74) is 2.92. The smallest absolute Gasteiger partial charge is 0.323 e. The molecule has 0 amide bonds. The first-order valence-corrected chi connectivity index (χ1v) is 7.57. The number of anilines is 1. The van der Waals surface area contributed by atoms with Crippen molar-refractivity contribution in [3.63, 3.8) is 0 Å². The first-order chi connectivity index (χ1) is 9.86. The van der Waals surface area contributed by atoms with E-state index in [1.54, 1.807) is 7.05 Å². The van der Waals surface area contributed by atoms with Gasteiger partial charge >= 0.3 is 5.97 Å². The Morgan fingerprint density at radius 1 is 1.38 bits per heavy atom. The van der Waals surface area contributed by atoms with Gasteiger partial charge in [-0.2, -0.15) is 0 Å². The van der Waals surface area contributed by atoms with Gasteiger partial charge in [-0.25, -0.2) is 0 Å². The van der Waals surface area contributed by atoms with Crippen LogP contribution in [0.5, 0.6) is 0 Å². The standard InChI is InChI=1S/C17H28N2O2/c1-6-17(18-4,16(20)21)10-7-11-19(5)15-9-8-13(2)12-14(15)3/h8-9,12,18H,6-7,10-11H2,1-5H3,(H,20,21). The number of hydrogen-bond acceptors (Lipinski definition) is 3. The van der Waals surface area contributed by atoms with Gasteiger partial charge in [0.05, 0.1) is 0 Å². The fraction of sp³-hybridized carbons (Fsp3) is 0.588. The minimum absolute atomic E-state index is 0.589. The summed E-state index contributed by atoms with van der Waals surface area (Å²) in [6, 6.07) is 6.42. The number of nitrogens with one attached hydrogen (secondary N) is 1. The molecule has 0 spiro atoms. The number of rotatable bonds is 8. The molecule has 0 radical (unpaired) electrons. The van der Waals surface area contributed by atoms with Gasteiger partial charge in [-0.15, -0.1) is 0 Å². The van der Waals surface area contributed by atoms with Crippen molar-refractivity contribution in [3.8, 4) is 0 Å². The molecule has 2 N–H and O–H groups in total. The average molecular weight is 292 g/mol. The predicted octanol–water partition coefficient (Wildman–Crippen LogP) is 2.97. The predicted molar refractivity (Wildman–Crippen MR) is 88.1 cm³/mol. The molecule has 21 heavy (non-hydrogen) atoms. The van der Waals surface area contributed by atoms with Crippen molar-refractivity contribution in [1.29, 1.82) is 0 Å². The molecule has 1 atom stereocenters. The topological polar surface area (TPSA) is 52.6 Å². The Morgan fingerprint density at radius 3 is 2.52 bits per heavy atom. The van der Waals surface area contributed by atoms with Crippen molar-refractivity contribution in [3.05, 3.63) is 29.3 Å². The third kappa shape index (κ3) is 4.21. The number of aryl methyl sites for hydroxylation is 2. The molecule has 0 saturated heterocycles. The molecule has 0 aromatic heterocycles. The zero-order chi connectivity index (χ0) is 16.0. The second kappa shape index (κ2) is 7.46. The second-order valence-electron chi connectivity index (χ2n) is 5.81. The Morgan fingerprint density at radius 2 is 2.05 bits per heavy atom. The highest BCUT2D eigenvalue weighted by atomic mass is 16.4. The Kier molecular flexibility index (Phi) is 6.21. The van der Waals surface area contributed by atoms with E-state index in [0.717, 1.165) is 13.0 Å². The van der Waals surface area contributed by atoms with Crippen molar-refractivity contribution in [2.75, 3.05) is 25.5 Å². The molecule has 0 heterocycles. The maximum atomic E-state index is 11.4. The highest BCUT2D eigenvalue weighted by Gasteiger charge is 2.34. The van der Waals surface area contributed by atoms with E-state index < -0.39 is 11.5 Å². The van der Waals surface area contributed by atoms with E-state index in [1.807, 2.05) is 6.92 Å². The summed E-state index contributed by atoms with van der Waals surface area (Å²) in [7, 11) is 3.79. The van der Waals surface area contributed by atoms with Crippen LogP contribution in [0.1, 0.15) is 37.3 Å². The van der Waals surface area contributed by atoms with E-state index in [0.29, 0.717) is 12.8 Å². The largest absolute Gasteiger partial charge is 0.480 e. The van der Waals surface area contributed by atoms with Crippen LogP contribution in [0, 0.1) is 13.8 Å². The summed E-state index contributed by atoms with van der Waals surface area (Å²) < 4.78 is 0. The third-order valence-corrected chi connectivity index (χ3v) is 4.35. The number of carbonyl (C=O) groups is 1. The zero-order valence-corrected chi connectivity index (χ0v) is 13.9. The minimum atomic E-state index is -0.802. The average Bonchev–Trinajstić information content (AvgIpc) is 2.43. The molecule has 4 heteroatoms. The molecular weight excluding hydrogens is 264 g/mol. The maximum absolute atomic E-state index is 11.4. The van der Waals surface area contributed by atoms with Crippen molar-refractivity contribution >= 4 is 11.7 Å². The number of carboxylic acid groups (broad SMARTS) is 1. The van der Waals surface area contributed by atoms with Gasteiger partial charge in [0.25, 0.3) is 0 Å². The van der Waals surface area contributed by atoms with E-state index in [4.69, 9.17) is 0 Å². The highest BCUT2D eigenvalue weighted by Crippen LogP contribution is 2.22. The van der Waals surface area contributed by atoms with E-state index in [9.17, 15) is 9.90 Å². The van der Waals surface area contributed by atoms with Crippen LogP contribution in [-0.4, -0.2) is 37.3 Å². The third-order valence-electron chi connectivity index (χ3n) is 4.35. The fourth-order valence-corrected chi connectivity index (χ4v) is 2.82. The minimum Gasteiger partial charge on any atom is -0.480 e. The van der Waals surface area contributed by atoms with Crippen LogP contribution >= 0.6 is 0 Å². The van der Waals surface area contributed by atoms with E-state index in [1.165, 1.54) is 16.8 Å². The SMILES string of the molecule is CCC(CCCN(C)c1ccc(C)cc1C)(NC)C(=O)O. The van der Waals surface area contributed by atoms with Crippen LogP contribution in [0.3, 0.4) is 0 Å². The Labute approximate surface area is 128 Å². The van der Waals surface area contributed by atoms with Gasteiger partial charge in [-0.3, -0.25) is 4.79 Å². The molecule has 0 fully saturated rings. The molecular formula is C17H28N2O2. The highest BCUT2D eigenvalue weighted by molar-refractivity contribution is 5.78. The molecule has 0 bridgehead atoms. The van der Waals surface area contributed by atoms with E-state index in [-0.39, 0.29) is 0 Å². The molecule has 1 rings (SSSR count). The van der Waals surface area contributed by atoms with Crippen LogP contribution in [-0.2, 0) is 4.79 Å². The summed E-state index contributed by atoms with van der Waals surface area (Å²) in [5, 5.41) is 12.4. The summed E-state index contributed by atoms with van der Waals surface area (Å²) in [6.45, 7) is 6.96. The van der Waals surface area contributed by atoms with Gasteiger partial charge in [0.2, 0.25) is 0 Å². The Balaban J connectivity index is 2.64. The zero-order valence-electron chi connectivity index (χ0n) is 13.9. The quantitative estimate of drug-likeness (QED) is 0.773. The van der Waals surface area contributed by atoms with Crippen LogP contribution in [0.2, 0.25) is 0 Å². The van der Waals surface area contributed by atoms with Crippen molar-refractivity contribution < 1.29 is 9.90 Å². The van der Waals surface area contributed by atoms with Gasteiger partial charge in [0, 0.05) is 19.3 Å². The number of hydrogen-bond donors (Lipinski definition) is 2. The van der Waals surface area contributed by atoms with Crippen LogP contribution in [0.4, 0.5) is 5.69 Å². The number of nitrogens with zero attached hydrogens (tertiary/aromatic N) is 1. The van der Waals surface area contributed by atoms with Crippen LogP contribution in [0.25, 0.3) is 0 Å². The summed E-state index contributed by atoms with van der Waals surface area (Å²) in [4.78, 5) is 13.6. The van der Waals surface area contributed by atoms with Crippen molar-refractivity contribution in [1.82, 2.24) is 5.32 Å². The lowest BCUT2D eigenvalue weighted by atomic mass is 9.90. The number of likely N-dealkylation sites (N-methyl/N-ethyl adjacent to an activating group) is 1. The monoisotopic (exact) mass is 292 g/mol. The van der Waals surface area contributed by atoms with Gasteiger partial charge in [0.1, 0.15) is 5.54 Å². The summed E-state index contributed by atoms with van der Waals surface area (Å²) >= 11 is 0. The molecule has 118 valence electrons. The number of benzene rings is 1. The lowest BCUT2D eigenvalue weighted by Crippen LogP contribution is -2.50. The molecule has 4 nitrogen and oxygen atoms in total. The van der Waals surface area contributed by atoms with E-state index in [2.05, 4.69) is 49.3 Å². The lowest BCUT2D eigenvalue weighted by molar-refractivity contribution is -0.145.